The van der Waals surface area contributed by atoms with E-state index in [1.54, 1.807) is 0 Å². The number of hydrogen-bond donors (Lipinski definition) is 1. The first-order valence-electron chi connectivity index (χ1n) is 6.51. The van der Waals surface area contributed by atoms with Gasteiger partial charge in [0, 0.05) is 17.8 Å². The summed E-state index contributed by atoms with van der Waals surface area (Å²) in [7, 11) is 0. The summed E-state index contributed by atoms with van der Waals surface area (Å²) < 4.78 is 0. The molecule has 1 aliphatic heterocycles. The second kappa shape index (κ2) is 4.59. The third-order valence-electron chi connectivity index (χ3n) is 4.03. The minimum atomic E-state index is 0.348. The van der Waals surface area contributed by atoms with Crippen LogP contribution in [0.4, 0.5) is 0 Å². The Kier molecular flexibility index (Phi) is 3.53. The summed E-state index contributed by atoms with van der Waals surface area (Å²) in [6, 6.07) is 0. The number of thioether (sulfide) groups is 1. The molecule has 1 heterocycles. The van der Waals surface area contributed by atoms with Crippen molar-refractivity contribution in [3.05, 3.63) is 0 Å². The molecule has 1 saturated carbocycles. The second-order valence-electron chi connectivity index (χ2n) is 6.04. The Morgan fingerprint density at radius 2 is 2.06 bits per heavy atom. The summed E-state index contributed by atoms with van der Waals surface area (Å²) in [6.07, 6.45) is 6.66. The average molecular weight is 240 g/mol. The van der Waals surface area contributed by atoms with Gasteiger partial charge in [0.05, 0.1) is 0 Å². The summed E-state index contributed by atoms with van der Waals surface area (Å²) in [5, 5.41) is 4.87. The molecule has 0 bridgehead atoms. The van der Waals surface area contributed by atoms with Crippen LogP contribution in [-0.2, 0) is 0 Å². The Balaban J connectivity index is 1.90. The van der Waals surface area contributed by atoms with Gasteiger partial charge in [0.1, 0.15) is 0 Å². The lowest BCUT2D eigenvalue weighted by molar-refractivity contribution is 0.365. The molecule has 2 aliphatic rings. The van der Waals surface area contributed by atoms with Crippen molar-refractivity contribution in [2.24, 2.45) is 10.4 Å². The normalized spacial score (nSPS) is 26.6. The van der Waals surface area contributed by atoms with Crippen LogP contribution in [-0.4, -0.2) is 23.0 Å². The summed E-state index contributed by atoms with van der Waals surface area (Å²) in [5.41, 5.74) is 0.764. The topological polar surface area (TPSA) is 24.4 Å². The van der Waals surface area contributed by atoms with Gasteiger partial charge in [-0.25, -0.2) is 0 Å². The first kappa shape index (κ1) is 12.3. The van der Waals surface area contributed by atoms with Crippen molar-refractivity contribution in [2.45, 2.75) is 58.4 Å². The van der Waals surface area contributed by atoms with Crippen LogP contribution in [0.25, 0.3) is 0 Å². The SMILES string of the molecule is CCC(C)(C)CN=C1NC2(CCCC2)CS1. The molecule has 0 radical (unpaired) electrons. The lowest BCUT2D eigenvalue weighted by Crippen LogP contribution is -2.40. The van der Waals surface area contributed by atoms with E-state index in [0.29, 0.717) is 11.0 Å². The van der Waals surface area contributed by atoms with Gasteiger partial charge in [0.15, 0.2) is 5.17 Å². The smallest absolute Gasteiger partial charge is 0.157 e. The van der Waals surface area contributed by atoms with Gasteiger partial charge in [0.2, 0.25) is 0 Å². The Bertz CT molecular complexity index is 278. The van der Waals surface area contributed by atoms with Gasteiger partial charge in [-0.1, -0.05) is 45.4 Å². The molecule has 0 atom stereocenters. The summed E-state index contributed by atoms with van der Waals surface area (Å²) in [6.45, 7) is 7.78. The van der Waals surface area contributed by atoms with Crippen LogP contribution < -0.4 is 5.32 Å². The molecule has 0 unspecified atom stereocenters. The molecule has 92 valence electrons. The molecular weight excluding hydrogens is 216 g/mol. The molecule has 0 aromatic carbocycles. The molecule has 1 aliphatic carbocycles. The van der Waals surface area contributed by atoms with Crippen molar-refractivity contribution in [3.8, 4) is 0 Å². The highest BCUT2D eigenvalue weighted by molar-refractivity contribution is 8.14. The molecule has 0 aromatic rings. The number of nitrogens with zero attached hydrogens (tertiary/aromatic N) is 1. The predicted octanol–water partition coefficient (Wildman–Crippen LogP) is 3.43. The van der Waals surface area contributed by atoms with Gasteiger partial charge in [-0.15, -0.1) is 0 Å². The van der Waals surface area contributed by atoms with Gasteiger partial charge in [-0.2, -0.15) is 0 Å². The highest BCUT2D eigenvalue weighted by Crippen LogP contribution is 2.37. The molecule has 0 aromatic heterocycles. The third-order valence-corrected chi connectivity index (χ3v) is 5.23. The quantitative estimate of drug-likeness (QED) is 0.817. The number of amidine groups is 1. The van der Waals surface area contributed by atoms with Crippen LogP contribution in [0.3, 0.4) is 0 Å². The molecule has 0 amide bonds. The van der Waals surface area contributed by atoms with Gasteiger partial charge < -0.3 is 5.32 Å². The number of rotatable bonds is 3. The maximum atomic E-state index is 4.75. The number of nitrogens with one attached hydrogen (secondary N) is 1. The van der Waals surface area contributed by atoms with Crippen LogP contribution in [0.2, 0.25) is 0 Å². The summed E-state index contributed by atoms with van der Waals surface area (Å²) in [5.74, 6) is 1.23. The highest BCUT2D eigenvalue weighted by atomic mass is 32.2. The van der Waals surface area contributed by atoms with E-state index in [1.807, 2.05) is 11.8 Å². The van der Waals surface area contributed by atoms with Crippen LogP contribution in [0.15, 0.2) is 4.99 Å². The molecule has 1 spiro atoms. The van der Waals surface area contributed by atoms with Crippen LogP contribution in [0.5, 0.6) is 0 Å². The van der Waals surface area contributed by atoms with Crippen LogP contribution in [0.1, 0.15) is 52.9 Å². The lowest BCUT2D eigenvalue weighted by atomic mass is 9.91. The monoisotopic (exact) mass is 240 g/mol. The van der Waals surface area contributed by atoms with Crippen molar-refractivity contribution < 1.29 is 0 Å². The van der Waals surface area contributed by atoms with Gasteiger partial charge in [0.25, 0.3) is 0 Å². The van der Waals surface area contributed by atoms with E-state index in [0.717, 1.165) is 6.54 Å². The maximum Gasteiger partial charge on any atom is 0.157 e. The number of hydrogen-bond acceptors (Lipinski definition) is 2. The largest absolute Gasteiger partial charge is 0.359 e. The summed E-state index contributed by atoms with van der Waals surface area (Å²) in [4.78, 5) is 4.75. The van der Waals surface area contributed by atoms with E-state index in [-0.39, 0.29) is 0 Å². The Morgan fingerprint density at radius 1 is 1.38 bits per heavy atom. The molecular formula is C13H24N2S. The van der Waals surface area contributed by atoms with Crippen LogP contribution >= 0.6 is 11.8 Å². The van der Waals surface area contributed by atoms with E-state index in [9.17, 15) is 0 Å². The standard InChI is InChI=1S/C13H24N2S/c1-4-12(2,3)9-14-11-15-13(10-16-11)7-5-6-8-13/h4-10H2,1-3H3,(H,14,15). The Labute approximate surface area is 104 Å². The van der Waals surface area contributed by atoms with Gasteiger partial charge >= 0.3 is 0 Å². The van der Waals surface area contributed by atoms with Gasteiger partial charge in [-0.3, -0.25) is 4.99 Å². The van der Waals surface area contributed by atoms with E-state index in [2.05, 4.69) is 26.1 Å². The molecule has 2 nitrogen and oxygen atoms in total. The average Bonchev–Trinajstić information content (AvgIpc) is 2.87. The molecule has 3 heteroatoms. The van der Waals surface area contributed by atoms with E-state index in [4.69, 9.17) is 4.99 Å². The minimum Gasteiger partial charge on any atom is -0.359 e. The molecule has 16 heavy (non-hydrogen) atoms. The molecule has 2 fully saturated rings. The first-order chi connectivity index (χ1) is 7.55. The van der Waals surface area contributed by atoms with Crippen molar-refractivity contribution in [2.75, 3.05) is 12.3 Å². The Hall–Kier alpha value is -0.180. The van der Waals surface area contributed by atoms with Crippen molar-refractivity contribution in [1.29, 1.82) is 0 Å². The van der Waals surface area contributed by atoms with Crippen molar-refractivity contribution in [3.63, 3.8) is 0 Å². The second-order valence-corrected chi connectivity index (χ2v) is 7.00. The predicted molar refractivity (Wildman–Crippen MR) is 73.2 cm³/mol. The first-order valence-corrected chi connectivity index (χ1v) is 7.49. The summed E-state index contributed by atoms with van der Waals surface area (Å²) >= 11 is 1.93. The zero-order chi connectivity index (χ0) is 11.6. The zero-order valence-electron chi connectivity index (χ0n) is 10.8. The van der Waals surface area contributed by atoms with Crippen molar-refractivity contribution in [1.82, 2.24) is 5.32 Å². The fourth-order valence-electron chi connectivity index (χ4n) is 2.31. The lowest BCUT2D eigenvalue weighted by Gasteiger charge is -2.23. The Morgan fingerprint density at radius 3 is 2.69 bits per heavy atom. The molecule has 2 rings (SSSR count). The van der Waals surface area contributed by atoms with E-state index >= 15 is 0 Å². The third kappa shape index (κ3) is 2.73. The maximum absolute atomic E-state index is 4.75. The zero-order valence-corrected chi connectivity index (χ0v) is 11.6. The van der Waals surface area contributed by atoms with E-state index < -0.39 is 0 Å². The molecule has 1 N–H and O–H groups in total. The van der Waals surface area contributed by atoms with Gasteiger partial charge in [-0.05, 0) is 24.7 Å². The van der Waals surface area contributed by atoms with E-state index in [1.165, 1.54) is 43.0 Å². The fraction of sp³-hybridized carbons (Fsp3) is 0.923. The van der Waals surface area contributed by atoms with Crippen molar-refractivity contribution >= 4 is 16.9 Å². The highest BCUT2D eigenvalue weighted by Gasteiger charge is 2.39. The molecule has 1 saturated heterocycles. The number of aliphatic imine (C=N–C) groups is 1. The minimum absolute atomic E-state index is 0.348. The fourth-order valence-corrected chi connectivity index (χ4v) is 3.53. The van der Waals surface area contributed by atoms with Crippen LogP contribution in [0, 0.1) is 5.41 Å².